The van der Waals surface area contributed by atoms with Crippen molar-refractivity contribution in [2.24, 2.45) is 0 Å². The molecule has 0 unspecified atom stereocenters. The standard InChI is InChI=1S/C16H22FN3O2S/c1-12-6-9-20(10-11-23-12)16(22)19-8-7-18-15(21)13-4-2-3-5-14(13)17/h2-5,12H,6-11H2,1H3,(H,18,21)(H,19,22)/t12-/m1/s1. The molecule has 0 aliphatic carbocycles. The van der Waals surface area contributed by atoms with Crippen LogP contribution >= 0.6 is 11.8 Å². The van der Waals surface area contributed by atoms with Crippen molar-refractivity contribution in [3.8, 4) is 0 Å². The van der Waals surface area contributed by atoms with Gasteiger partial charge in [-0.15, -0.1) is 0 Å². The van der Waals surface area contributed by atoms with Gasteiger partial charge in [0.05, 0.1) is 5.56 Å². The zero-order chi connectivity index (χ0) is 16.7. The van der Waals surface area contributed by atoms with E-state index in [4.69, 9.17) is 0 Å². The minimum atomic E-state index is -0.551. The Morgan fingerprint density at radius 3 is 2.78 bits per heavy atom. The number of nitrogens with one attached hydrogen (secondary N) is 2. The molecule has 3 amide bonds. The highest BCUT2D eigenvalue weighted by molar-refractivity contribution is 7.99. The third kappa shape index (κ3) is 5.42. The summed E-state index contributed by atoms with van der Waals surface area (Å²) in [5.41, 5.74) is 0.0114. The van der Waals surface area contributed by atoms with E-state index in [1.807, 2.05) is 11.8 Å². The molecule has 126 valence electrons. The molecule has 1 heterocycles. The fourth-order valence-electron chi connectivity index (χ4n) is 2.30. The second-order valence-electron chi connectivity index (χ2n) is 5.42. The quantitative estimate of drug-likeness (QED) is 0.826. The first-order valence-electron chi connectivity index (χ1n) is 7.75. The van der Waals surface area contributed by atoms with Gasteiger partial charge in [-0.2, -0.15) is 11.8 Å². The van der Waals surface area contributed by atoms with E-state index in [-0.39, 0.29) is 18.1 Å². The monoisotopic (exact) mass is 339 g/mol. The van der Waals surface area contributed by atoms with E-state index >= 15 is 0 Å². The molecule has 2 rings (SSSR count). The van der Waals surface area contributed by atoms with Crippen LogP contribution in [0.2, 0.25) is 0 Å². The first-order chi connectivity index (χ1) is 11.1. The molecule has 1 aliphatic rings. The molecule has 2 N–H and O–H groups in total. The molecular weight excluding hydrogens is 317 g/mol. The minimum Gasteiger partial charge on any atom is -0.350 e. The van der Waals surface area contributed by atoms with Gasteiger partial charge in [0.1, 0.15) is 5.82 Å². The van der Waals surface area contributed by atoms with Crippen LogP contribution in [-0.4, -0.2) is 54.0 Å². The van der Waals surface area contributed by atoms with Crippen molar-refractivity contribution in [2.75, 3.05) is 31.9 Å². The number of rotatable bonds is 4. The summed E-state index contributed by atoms with van der Waals surface area (Å²) in [6, 6.07) is 5.71. The number of hydrogen-bond acceptors (Lipinski definition) is 3. The van der Waals surface area contributed by atoms with Crippen molar-refractivity contribution in [3.05, 3.63) is 35.6 Å². The lowest BCUT2D eigenvalue weighted by atomic mass is 10.2. The van der Waals surface area contributed by atoms with Gasteiger partial charge in [-0.05, 0) is 18.6 Å². The number of carbonyl (C=O) groups excluding carboxylic acids is 2. The summed E-state index contributed by atoms with van der Waals surface area (Å²) in [5, 5.41) is 5.96. The highest BCUT2D eigenvalue weighted by Crippen LogP contribution is 2.18. The summed E-state index contributed by atoms with van der Waals surface area (Å²) in [6.45, 7) is 4.24. The predicted molar refractivity (Wildman–Crippen MR) is 90.2 cm³/mol. The molecule has 1 fully saturated rings. The maximum absolute atomic E-state index is 13.5. The third-order valence-electron chi connectivity index (χ3n) is 3.66. The molecule has 1 aliphatic heterocycles. The van der Waals surface area contributed by atoms with Crippen LogP contribution in [0.25, 0.3) is 0 Å². The van der Waals surface area contributed by atoms with E-state index in [9.17, 15) is 14.0 Å². The maximum atomic E-state index is 13.5. The van der Waals surface area contributed by atoms with Gasteiger partial charge in [0.2, 0.25) is 0 Å². The number of thioether (sulfide) groups is 1. The fourth-order valence-corrected chi connectivity index (χ4v) is 3.30. The number of halogens is 1. The number of urea groups is 1. The van der Waals surface area contributed by atoms with Gasteiger partial charge < -0.3 is 15.5 Å². The second kappa shape index (κ2) is 8.76. The van der Waals surface area contributed by atoms with Crippen molar-refractivity contribution in [1.82, 2.24) is 15.5 Å². The first-order valence-corrected chi connectivity index (χ1v) is 8.80. The van der Waals surface area contributed by atoms with Gasteiger partial charge in [0.15, 0.2) is 0 Å². The summed E-state index contributed by atoms with van der Waals surface area (Å²) in [4.78, 5) is 25.7. The van der Waals surface area contributed by atoms with E-state index in [0.29, 0.717) is 11.8 Å². The molecule has 0 saturated carbocycles. The molecule has 0 spiro atoms. The van der Waals surface area contributed by atoms with Gasteiger partial charge in [-0.3, -0.25) is 4.79 Å². The number of amides is 3. The molecule has 1 atom stereocenters. The highest BCUT2D eigenvalue weighted by Gasteiger charge is 2.18. The molecule has 0 aromatic heterocycles. The van der Waals surface area contributed by atoms with Gasteiger partial charge in [-0.1, -0.05) is 19.1 Å². The number of benzene rings is 1. The van der Waals surface area contributed by atoms with E-state index in [1.165, 1.54) is 18.2 Å². The average molecular weight is 339 g/mol. The Hall–Kier alpha value is -1.76. The van der Waals surface area contributed by atoms with Crippen LogP contribution in [0, 0.1) is 5.82 Å². The largest absolute Gasteiger partial charge is 0.350 e. The second-order valence-corrected chi connectivity index (χ2v) is 6.97. The molecule has 0 bridgehead atoms. The average Bonchev–Trinajstić information content (AvgIpc) is 2.76. The smallest absolute Gasteiger partial charge is 0.317 e. The Morgan fingerprint density at radius 2 is 2.00 bits per heavy atom. The lowest BCUT2D eigenvalue weighted by Gasteiger charge is -2.20. The molecule has 7 heteroatoms. The van der Waals surface area contributed by atoms with Crippen LogP contribution in [0.1, 0.15) is 23.7 Å². The fraction of sp³-hybridized carbons (Fsp3) is 0.500. The van der Waals surface area contributed by atoms with Crippen LogP contribution in [-0.2, 0) is 0 Å². The predicted octanol–water partition coefficient (Wildman–Crippen LogP) is 2.09. The van der Waals surface area contributed by atoms with Gasteiger partial charge in [-0.25, -0.2) is 9.18 Å². The van der Waals surface area contributed by atoms with Gasteiger partial charge >= 0.3 is 6.03 Å². The zero-order valence-electron chi connectivity index (χ0n) is 13.2. The Bertz CT molecular complexity index is 556. The van der Waals surface area contributed by atoms with Crippen LogP contribution < -0.4 is 10.6 Å². The van der Waals surface area contributed by atoms with Gasteiger partial charge in [0.25, 0.3) is 5.91 Å². The van der Waals surface area contributed by atoms with Crippen molar-refractivity contribution in [3.63, 3.8) is 0 Å². The summed E-state index contributed by atoms with van der Waals surface area (Å²) in [7, 11) is 0. The first kappa shape index (κ1) is 17.6. The Kier molecular flexibility index (Phi) is 6.70. The number of nitrogens with zero attached hydrogens (tertiary/aromatic N) is 1. The van der Waals surface area contributed by atoms with E-state index in [1.54, 1.807) is 11.0 Å². The molecule has 1 saturated heterocycles. The van der Waals surface area contributed by atoms with Crippen molar-refractivity contribution in [2.45, 2.75) is 18.6 Å². The Morgan fingerprint density at radius 1 is 1.26 bits per heavy atom. The Balaban J connectivity index is 1.69. The van der Waals surface area contributed by atoms with Gasteiger partial charge in [0, 0.05) is 37.2 Å². The summed E-state index contributed by atoms with van der Waals surface area (Å²) < 4.78 is 13.5. The van der Waals surface area contributed by atoms with Crippen LogP contribution in [0.4, 0.5) is 9.18 Å². The van der Waals surface area contributed by atoms with Crippen LogP contribution in [0.3, 0.4) is 0 Å². The van der Waals surface area contributed by atoms with Crippen molar-refractivity contribution >= 4 is 23.7 Å². The summed E-state index contributed by atoms with van der Waals surface area (Å²) in [6.07, 6.45) is 0.988. The molecule has 5 nitrogen and oxygen atoms in total. The topological polar surface area (TPSA) is 61.4 Å². The van der Waals surface area contributed by atoms with Crippen LogP contribution in [0.5, 0.6) is 0 Å². The summed E-state index contributed by atoms with van der Waals surface area (Å²) >= 11 is 1.88. The zero-order valence-corrected chi connectivity index (χ0v) is 14.0. The molecule has 23 heavy (non-hydrogen) atoms. The SMILES string of the molecule is C[C@@H]1CCN(C(=O)NCCNC(=O)c2ccccc2F)CCS1. The lowest BCUT2D eigenvalue weighted by Crippen LogP contribution is -2.44. The van der Waals surface area contributed by atoms with E-state index in [0.717, 1.165) is 25.3 Å². The van der Waals surface area contributed by atoms with E-state index in [2.05, 4.69) is 17.6 Å². The van der Waals surface area contributed by atoms with E-state index < -0.39 is 11.7 Å². The minimum absolute atomic E-state index is 0.0114. The molecule has 1 aromatic rings. The number of carbonyl (C=O) groups is 2. The molecular formula is C16H22FN3O2S. The highest BCUT2D eigenvalue weighted by atomic mass is 32.2. The van der Waals surface area contributed by atoms with Crippen LogP contribution in [0.15, 0.2) is 24.3 Å². The maximum Gasteiger partial charge on any atom is 0.317 e. The van der Waals surface area contributed by atoms with Crippen molar-refractivity contribution in [1.29, 1.82) is 0 Å². The number of hydrogen-bond donors (Lipinski definition) is 2. The molecule has 1 aromatic carbocycles. The Labute approximate surface area is 140 Å². The van der Waals surface area contributed by atoms with Crippen molar-refractivity contribution < 1.29 is 14.0 Å². The third-order valence-corrected chi connectivity index (χ3v) is 4.88. The normalized spacial score (nSPS) is 18.2. The molecule has 0 radical (unpaired) electrons. The lowest BCUT2D eigenvalue weighted by molar-refractivity contribution is 0.0949. The summed E-state index contributed by atoms with van der Waals surface area (Å²) in [5.74, 6) is -0.0823.